The van der Waals surface area contributed by atoms with Crippen molar-refractivity contribution in [2.45, 2.75) is 46.0 Å². The van der Waals surface area contributed by atoms with Gasteiger partial charge in [0.05, 0.1) is 10.8 Å². The number of hydrogen-bond donors (Lipinski definition) is 0. The molecule has 1 aliphatic heterocycles. The number of aliphatic imine (C=N–C) groups is 1. The van der Waals surface area contributed by atoms with Crippen molar-refractivity contribution in [3.05, 3.63) is 29.4 Å². The molecular weight excluding hydrogens is 294 g/mol. The van der Waals surface area contributed by atoms with Crippen LogP contribution in [0.3, 0.4) is 0 Å². The first-order chi connectivity index (χ1) is 11.0. The van der Waals surface area contributed by atoms with E-state index < -0.39 is 0 Å². The molecule has 1 radical (unpaired) electrons. The lowest BCUT2D eigenvalue weighted by Gasteiger charge is -2.06. The summed E-state index contributed by atoms with van der Waals surface area (Å²) in [5.41, 5.74) is 0.987. The molecule has 2 aromatic rings. The van der Waals surface area contributed by atoms with Crippen molar-refractivity contribution in [1.82, 2.24) is 25.2 Å². The molecule has 0 spiro atoms. The van der Waals surface area contributed by atoms with Crippen LogP contribution in [0.15, 0.2) is 15.6 Å². The number of hydrazone groups is 1. The first-order valence-electron chi connectivity index (χ1n) is 7.57. The van der Waals surface area contributed by atoms with Gasteiger partial charge in [-0.2, -0.15) is 4.98 Å². The zero-order valence-corrected chi connectivity index (χ0v) is 13.5. The summed E-state index contributed by atoms with van der Waals surface area (Å²) >= 11 is 0. The minimum Gasteiger partial charge on any atom is -0.425 e. The van der Waals surface area contributed by atoms with Crippen LogP contribution >= 0.6 is 0 Å². The molecule has 4 rings (SSSR count). The number of rotatable bonds is 3. The summed E-state index contributed by atoms with van der Waals surface area (Å²) in [4.78, 5) is 13.4. The highest BCUT2D eigenvalue weighted by atomic mass is 16.4. The smallest absolute Gasteiger partial charge is 0.309 e. The minimum absolute atomic E-state index is 0.247. The van der Waals surface area contributed by atoms with Crippen LogP contribution in [0, 0.1) is 13.8 Å². The second-order valence-electron chi connectivity index (χ2n) is 5.92. The molecule has 3 heterocycles. The van der Waals surface area contributed by atoms with Crippen LogP contribution in [0.25, 0.3) is 0 Å². The molecule has 0 N–H and O–H groups in total. The Bertz CT molecular complexity index is 838. The van der Waals surface area contributed by atoms with Crippen molar-refractivity contribution >= 4 is 17.5 Å². The van der Waals surface area contributed by atoms with Crippen LogP contribution < -0.4 is 10.0 Å². The number of anilines is 1. The zero-order valence-electron chi connectivity index (χ0n) is 13.5. The Morgan fingerprint density at radius 1 is 1.13 bits per heavy atom. The Morgan fingerprint density at radius 3 is 2.61 bits per heavy atom. The summed E-state index contributed by atoms with van der Waals surface area (Å²) in [6.07, 6.45) is 0.965. The van der Waals surface area contributed by atoms with Gasteiger partial charge in [0.1, 0.15) is 5.82 Å². The van der Waals surface area contributed by atoms with Crippen molar-refractivity contribution in [3.63, 3.8) is 0 Å². The Labute approximate surface area is 133 Å². The Balaban J connectivity index is 1.63. The Kier molecular flexibility index (Phi) is 3.00. The lowest BCUT2D eigenvalue weighted by molar-refractivity contribution is 0.467. The Hall–Kier alpha value is -2.64. The largest absolute Gasteiger partial charge is 0.425 e. The molecule has 1 fully saturated rings. The van der Waals surface area contributed by atoms with Gasteiger partial charge in [0, 0.05) is 38.7 Å². The third-order valence-corrected chi connectivity index (χ3v) is 3.97. The van der Waals surface area contributed by atoms with E-state index in [9.17, 15) is 0 Å². The highest BCUT2D eigenvalue weighted by Crippen LogP contribution is 2.53. The molecule has 1 aliphatic carbocycles. The summed E-state index contributed by atoms with van der Waals surface area (Å²) in [5, 5.41) is 14.2. The average molecular weight is 311 g/mol. The van der Waals surface area contributed by atoms with Gasteiger partial charge < -0.3 is 4.42 Å². The third-order valence-electron chi connectivity index (χ3n) is 3.97. The molecule has 0 aromatic carbocycles. The molecule has 23 heavy (non-hydrogen) atoms. The molecule has 2 aromatic heterocycles. The maximum absolute atomic E-state index is 5.53. The lowest BCUT2D eigenvalue weighted by Crippen LogP contribution is -2.22. The molecule has 2 unspecified atom stereocenters. The molecule has 2 aliphatic rings. The molecule has 117 valence electrons. The van der Waals surface area contributed by atoms with Crippen molar-refractivity contribution in [2.75, 3.05) is 5.01 Å². The van der Waals surface area contributed by atoms with Crippen molar-refractivity contribution < 1.29 is 4.42 Å². The lowest BCUT2D eigenvalue weighted by atomic mass is 10.2. The van der Waals surface area contributed by atoms with E-state index in [1.165, 1.54) is 0 Å². The van der Waals surface area contributed by atoms with Crippen molar-refractivity contribution in [3.8, 4) is 0 Å². The van der Waals surface area contributed by atoms with Crippen LogP contribution in [0.2, 0.25) is 0 Å². The average Bonchev–Trinajstić information content (AvgIpc) is 3.07. The molecule has 8 heteroatoms. The molecule has 2 atom stereocenters. The third kappa shape index (κ3) is 2.49. The van der Waals surface area contributed by atoms with E-state index in [1.807, 2.05) is 26.8 Å². The van der Waals surface area contributed by atoms with Crippen molar-refractivity contribution in [2.24, 2.45) is 5.10 Å². The monoisotopic (exact) mass is 311 g/mol. The number of aromatic nitrogens is 4. The molecule has 0 amide bonds. The van der Waals surface area contributed by atoms with Crippen LogP contribution in [-0.2, 0) is 0 Å². The maximum Gasteiger partial charge on any atom is 0.309 e. The van der Waals surface area contributed by atoms with E-state index >= 15 is 0 Å². The van der Waals surface area contributed by atoms with Crippen LogP contribution in [0.4, 0.5) is 5.82 Å². The number of hydrogen-bond acceptors (Lipinski definition) is 8. The highest BCUT2D eigenvalue weighted by molar-refractivity contribution is 6.06. The standard InChI is InChI=1S/C15H17N7O/c1-7-17-13(11-5-12(11)15-20-19-10(4)23-15)6-14(18-7)22-9(3)16-8(2)21-22/h6,11-12H,5H2,1-4H3/q+1. The van der Waals surface area contributed by atoms with Crippen LogP contribution in [0.5, 0.6) is 0 Å². The van der Waals surface area contributed by atoms with Crippen molar-refractivity contribution in [1.29, 1.82) is 0 Å². The van der Waals surface area contributed by atoms with Gasteiger partial charge >= 0.3 is 5.84 Å². The van der Waals surface area contributed by atoms with Gasteiger partial charge in [0.25, 0.3) is 5.84 Å². The predicted octanol–water partition coefficient (Wildman–Crippen LogP) is 1.66. The number of amidine groups is 2. The zero-order chi connectivity index (χ0) is 16.1. The SMILES string of the molecule is CC1=NN(c2cc(C3CC3c3nnc(C)o3)nc(C)n2)C(C)=[N+]1. The summed E-state index contributed by atoms with van der Waals surface area (Å²) in [6.45, 7) is 7.47. The topological polar surface area (TPSA) is 94.4 Å². The van der Waals surface area contributed by atoms with Gasteiger partial charge in [-0.1, -0.05) is 10.0 Å². The predicted molar refractivity (Wildman–Crippen MR) is 84.3 cm³/mol. The fourth-order valence-electron chi connectivity index (χ4n) is 2.87. The van der Waals surface area contributed by atoms with E-state index in [4.69, 9.17) is 4.42 Å². The fourth-order valence-corrected chi connectivity index (χ4v) is 2.87. The minimum atomic E-state index is 0.247. The first-order valence-corrected chi connectivity index (χ1v) is 7.57. The molecule has 0 bridgehead atoms. The van der Waals surface area contributed by atoms with E-state index in [2.05, 4.69) is 30.3 Å². The quantitative estimate of drug-likeness (QED) is 0.855. The maximum atomic E-state index is 5.53. The summed E-state index contributed by atoms with van der Waals surface area (Å²) in [5.74, 6) is 4.84. The summed E-state index contributed by atoms with van der Waals surface area (Å²) in [7, 11) is 0. The van der Waals surface area contributed by atoms with E-state index in [1.54, 1.807) is 11.9 Å². The van der Waals surface area contributed by atoms with E-state index in [-0.39, 0.29) is 5.92 Å². The Morgan fingerprint density at radius 2 is 1.96 bits per heavy atom. The summed E-state index contributed by atoms with van der Waals surface area (Å²) < 4.78 is 5.53. The van der Waals surface area contributed by atoms with Crippen LogP contribution in [0.1, 0.15) is 55.4 Å². The second kappa shape index (κ2) is 4.94. The molecule has 8 nitrogen and oxygen atoms in total. The van der Waals surface area contributed by atoms with E-state index in [0.717, 1.165) is 35.4 Å². The fraction of sp³-hybridized carbons (Fsp3) is 0.467. The van der Waals surface area contributed by atoms with Crippen LogP contribution in [-0.4, -0.2) is 31.8 Å². The number of aryl methyl sites for hydroxylation is 2. The highest BCUT2D eigenvalue weighted by Gasteiger charge is 2.45. The van der Waals surface area contributed by atoms with E-state index in [0.29, 0.717) is 17.7 Å². The van der Waals surface area contributed by atoms with Gasteiger partial charge in [-0.05, 0) is 13.3 Å². The van der Waals surface area contributed by atoms with Gasteiger partial charge in [0.15, 0.2) is 0 Å². The number of nitrogens with zero attached hydrogens (tertiary/aromatic N) is 7. The van der Waals surface area contributed by atoms with Gasteiger partial charge in [-0.25, -0.2) is 4.98 Å². The molecular formula is C15H17N7O+. The first kappa shape index (κ1) is 14.0. The van der Waals surface area contributed by atoms with Gasteiger partial charge in [-0.15, -0.1) is 10.2 Å². The second-order valence-corrected chi connectivity index (χ2v) is 5.92. The van der Waals surface area contributed by atoms with Gasteiger partial charge in [-0.3, -0.25) is 0 Å². The summed E-state index contributed by atoms with van der Waals surface area (Å²) in [6, 6.07) is 1.97. The van der Waals surface area contributed by atoms with Gasteiger partial charge in [0.2, 0.25) is 17.6 Å². The normalized spacial score (nSPS) is 23.0. The molecule has 1 saturated carbocycles. The molecule has 0 saturated heterocycles.